The van der Waals surface area contributed by atoms with Crippen molar-refractivity contribution in [2.75, 3.05) is 9.80 Å². The first-order chi connectivity index (χ1) is 26.3. The molecule has 2 heterocycles. The zero-order valence-corrected chi connectivity index (χ0v) is 31.1. The molecule has 1 fully saturated rings. The first-order valence-electron chi connectivity index (χ1n) is 18.6. The van der Waals surface area contributed by atoms with E-state index in [1.165, 1.54) is 0 Å². The fourth-order valence-corrected chi connectivity index (χ4v) is 7.52. The standard InChI is InChI=1S/C48H42BN3O2/c1-47(2)48(3,4)54-49(53-47)35-25-27-40(28-26-35)52-45-31-29-41(50(36-17-9-5-10-18-36)37-19-11-6-12-20-37)33-43(45)44-34-42(30-32-46(44)52)51(38-21-13-7-14-22-38)39-23-15-8-16-24-39/h5-34H,1-4H3. The summed E-state index contributed by atoms with van der Waals surface area (Å²) in [4.78, 5) is 4.65. The van der Waals surface area contributed by atoms with Crippen molar-refractivity contribution in [2.24, 2.45) is 0 Å². The second-order valence-electron chi connectivity index (χ2n) is 14.9. The zero-order chi connectivity index (χ0) is 36.9. The molecule has 0 spiro atoms. The lowest BCUT2D eigenvalue weighted by Crippen LogP contribution is -2.41. The average Bonchev–Trinajstić information content (AvgIpc) is 3.64. The third-order valence-corrected chi connectivity index (χ3v) is 11.0. The minimum atomic E-state index is -0.420. The van der Waals surface area contributed by atoms with E-state index in [4.69, 9.17) is 9.31 Å². The van der Waals surface area contributed by atoms with E-state index in [-0.39, 0.29) is 0 Å². The van der Waals surface area contributed by atoms with E-state index in [1.54, 1.807) is 0 Å². The van der Waals surface area contributed by atoms with Gasteiger partial charge < -0.3 is 23.7 Å². The number of hydrogen-bond donors (Lipinski definition) is 0. The number of hydrogen-bond acceptors (Lipinski definition) is 4. The second-order valence-corrected chi connectivity index (χ2v) is 14.9. The summed E-state index contributed by atoms with van der Waals surface area (Å²) in [7, 11) is -0.420. The van der Waals surface area contributed by atoms with Gasteiger partial charge in [0.2, 0.25) is 0 Å². The molecule has 9 rings (SSSR count). The molecule has 0 amide bonds. The van der Waals surface area contributed by atoms with E-state index in [9.17, 15) is 0 Å². The summed E-state index contributed by atoms with van der Waals surface area (Å²) in [6.07, 6.45) is 0. The Morgan fingerprint density at radius 3 is 1.11 bits per heavy atom. The lowest BCUT2D eigenvalue weighted by atomic mass is 9.79. The summed E-state index contributed by atoms with van der Waals surface area (Å²) in [5, 5.41) is 2.33. The van der Waals surface area contributed by atoms with Crippen molar-refractivity contribution in [2.45, 2.75) is 38.9 Å². The van der Waals surface area contributed by atoms with Crippen LogP contribution in [0.4, 0.5) is 34.1 Å². The molecule has 0 saturated carbocycles. The molecule has 1 aliphatic heterocycles. The fraction of sp³-hybridized carbons (Fsp3) is 0.125. The van der Waals surface area contributed by atoms with Gasteiger partial charge in [0, 0.05) is 50.6 Å². The minimum Gasteiger partial charge on any atom is -0.399 e. The van der Waals surface area contributed by atoms with Gasteiger partial charge in [0.05, 0.1) is 22.2 Å². The highest BCUT2D eigenvalue weighted by Crippen LogP contribution is 2.43. The molecule has 54 heavy (non-hydrogen) atoms. The van der Waals surface area contributed by atoms with Gasteiger partial charge in [-0.15, -0.1) is 0 Å². The monoisotopic (exact) mass is 703 g/mol. The fourth-order valence-electron chi connectivity index (χ4n) is 7.52. The van der Waals surface area contributed by atoms with Gasteiger partial charge in [0.1, 0.15) is 0 Å². The average molecular weight is 704 g/mol. The van der Waals surface area contributed by atoms with E-state index in [2.05, 4.69) is 224 Å². The number of nitrogens with zero attached hydrogens (tertiary/aromatic N) is 3. The lowest BCUT2D eigenvalue weighted by molar-refractivity contribution is 0.00578. The molecule has 0 N–H and O–H groups in total. The summed E-state index contributed by atoms with van der Waals surface area (Å²) in [6.45, 7) is 8.37. The Morgan fingerprint density at radius 2 is 0.759 bits per heavy atom. The molecule has 5 nitrogen and oxygen atoms in total. The van der Waals surface area contributed by atoms with E-state index in [0.29, 0.717) is 0 Å². The highest BCUT2D eigenvalue weighted by Gasteiger charge is 2.51. The Balaban J connectivity index is 1.24. The molecule has 1 aromatic heterocycles. The smallest absolute Gasteiger partial charge is 0.399 e. The van der Waals surface area contributed by atoms with Crippen molar-refractivity contribution in [3.63, 3.8) is 0 Å². The van der Waals surface area contributed by atoms with Gasteiger partial charge in [-0.3, -0.25) is 0 Å². The van der Waals surface area contributed by atoms with E-state index in [0.717, 1.165) is 67.1 Å². The molecular formula is C48H42BN3O2. The molecule has 0 aliphatic carbocycles. The van der Waals surface area contributed by atoms with Crippen LogP contribution in [0.15, 0.2) is 182 Å². The zero-order valence-electron chi connectivity index (χ0n) is 31.1. The van der Waals surface area contributed by atoms with Gasteiger partial charge in [-0.2, -0.15) is 0 Å². The Labute approximate surface area is 317 Å². The van der Waals surface area contributed by atoms with Crippen LogP contribution in [0.1, 0.15) is 27.7 Å². The van der Waals surface area contributed by atoms with Crippen LogP contribution >= 0.6 is 0 Å². The Kier molecular flexibility index (Phi) is 8.38. The van der Waals surface area contributed by atoms with Crippen LogP contribution in [0.25, 0.3) is 27.5 Å². The lowest BCUT2D eigenvalue weighted by Gasteiger charge is -2.32. The molecular weight excluding hydrogens is 661 g/mol. The first-order valence-corrected chi connectivity index (χ1v) is 18.6. The molecule has 6 heteroatoms. The van der Waals surface area contributed by atoms with Crippen LogP contribution < -0.4 is 15.3 Å². The van der Waals surface area contributed by atoms with Gasteiger partial charge in [-0.25, -0.2) is 0 Å². The van der Waals surface area contributed by atoms with E-state index < -0.39 is 18.3 Å². The van der Waals surface area contributed by atoms with Gasteiger partial charge >= 0.3 is 7.12 Å². The SMILES string of the molecule is CC1(C)OB(c2ccc(-n3c4ccc(N(c5ccccc5)c5ccccc5)cc4c4cc(N(c5ccccc5)c5ccccc5)ccc43)cc2)OC1(C)C. The van der Waals surface area contributed by atoms with Crippen molar-refractivity contribution in [1.82, 2.24) is 4.57 Å². The summed E-state index contributed by atoms with van der Waals surface area (Å²) in [6, 6.07) is 64.6. The topological polar surface area (TPSA) is 29.9 Å². The van der Waals surface area contributed by atoms with E-state index >= 15 is 0 Å². The van der Waals surface area contributed by atoms with Gasteiger partial charge in [-0.05, 0) is 130 Å². The number of rotatable bonds is 8. The van der Waals surface area contributed by atoms with Crippen LogP contribution in [0.3, 0.4) is 0 Å². The maximum Gasteiger partial charge on any atom is 0.494 e. The molecule has 7 aromatic carbocycles. The molecule has 0 atom stereocenters. The Hall–Kier alpha value is -6.08. The highest BCUT2D eigenvalue weighted by atomic mass is 16.7. The molecule has 1 aliphatic rings. The van der Waals surface area contributed by atoms with Crippen LogP contribution in [0, 0.1) is 0 Å². The Bertz CT molecular complexity index is 2320. The Morgan fingerprint density at radius 1 is 0.407 bits per heavy atom. The van der Waals surface area contributed by atoms with Crippen molar-refractivity contribution < 1.29 is 9.31 Å². The predicted molar refractivity (Wildman–Crippen MR) is 226 cm³/mol. The molecule has 0 bridgehead atoms. The van der Waals surface area contributed by atoms with Crippen molar-refractivity contribution in [1.29, 1.82) is 0 Å². The van der Waals surface area contributed by atoms with E-state index in [1.807, 2.05) is 0 Å². The molecule has 1 saturated heterocycles. The molecule has 8 aromatic rings. The summed E-state index contributed by atoms with van der Waals surface area (Å²) >= 11 is 0. The van der Waals surface area contributed by atoms with Crippen LogP contribution in [-0.4, -0.2) is 22.9 Å². The highest BCUT2D eigenvalue weighted by molar-refractivity contribution is 6.62. The minimum absolute atomic E-state index is 0.403. The molecule has 0 unspecified atom stereocenters. The number of fused-ring (bicyclic) bond motifs is 3. The van der Waals surface area contributed by atoms with Gasteiger partial charge in [0.15, 0.2) is 0 Å². The second kappa shape index (κ2) is 13.4. The summed E-state index contributed by atoms with van der Waals surface area (Å²) in [5.74, 6) is 0. The molecule has 0 radical (unpaired) electrons. The largest absolute Gasteiger partial charge is 0.494 e. The maximum atomic E-state index is 6.40. The number of para-hydroxylation sites is 4. The number of aromatic nitrogens is 1. The summed E-state index contributed by atoms with van der Waals surface area (Å²) in [5.41, 5.74) is 10.1. The van der Waals surface area contributed by atoms with Crippen LogP contribution in [0.2, 0.25) is 0 Å². The number of benzene rings is 7. The van der Waals surface area contributed by atoms with Crippen molar-refractivity contribution in [3.8, 4) is 5.69 Å². The van der Waals surface area contributed by atoms with Gasteiger partial charge in [-0.1, -0.05) is 84.9 Å². The summed E-state index contributed by atoms with van der Waals surface area (Å²) < 4.78 is 15.2. The van der Waals surface area contributed by atoms with Crippen LogP contribution in [-0.2, 0) is 9.31 Å². The third kappa shape index (κ3) is 5.94. The first kappa shape index (κ1) is 33.7. The predicted octanol–water partition coefficient (Wildman–Crippen LogP) is 12.0. The van der Waals surface area contributed by atoms with Crippen molar-refractivity contribution in [3.05, 3.63) is 182 Å². The van der Waals surface area contributed by atoms with Gasteiger partial charge in [0.25, 0.3) is 0 Å². The van der Waals surface area contributed by atoms with Crippen LogP contribution in [0.5, 0.6) is 0 Å². The van der Waals surface area contributed by atoms with Crippen molar-refractivity contribution >= 4 is 68.5 Å². The molecule has 264 valence electrons. The quantitative estimate of drug-likeness (QED) is 0.147. The maximum absolute atomic E-state index is 6.40. The third-order valence-electron chi connectivity index (χ3n) is 11.0. The number of anilines is 6. The normalized spacial score (nSPS) is 14.8.